The Balaban J connectivity index is 2.30. The third kappa shape index (κ3) is 2.47. The molecular formula is C13H16FNO2. The van der Waals surface area contributed by atoms with E-state index in [1.54, 1.807) is 18.2 Å². The highest BCUT2D eigenvalue weighted by molar-refractivity contribution is 5.72. The number of aliphatic carboxylic acids is 1. The predicted molar refractivity (Wildman–Crippen MR) is 62.4 cm³/mol. The van der Waals surface area contributed by atoms with E-state index in [2.05, 4.69) is 0 Å². The number of carbonyl (C=O) groups is 1. The van der Waals surface area contributed by atoms with E-state index < -0.39 is 11.9 Å². The largest absolute Gasteiger partial charge is 0.481 e. The molecule has 0 bridgehead atoms. The van der Waals surface area contributed by atoms with Crippen LogP contribution in [0.2, 0.25) is 0 Å². The van der Waals surface area contributed by atoms with Crippen LogP contribution in [-0.4, -0.2) is 36.1 Å². The highest BCUT2D eigenvalue weighted by Crippen LogP contribution is 2.34. The van der Waals surface area contributed by atoms with Gasteiger partial charge in [0, 0.05) is 12.5 Å². The monoisotopic (exact) mass is 237 g/mol. The first kappa shape index (κ1) is 12.0. The average molecular weight is 237 g/mol. The van der Waals surface area contributed by atoms with Crippen LogP contribution in [0, 0.1) is 11.7 Å². The summed E-state index contributed by atoms with van der Waals surface area (Å²) in [5, 5.41) is 9.23. The molecule has 1 saturated heterocycles. The molecule has 1 fully saturated rings. The second-order valence-corrected chi connectivity index (χ2v) is 4.62. The Kier molecular flexibility index (Phi) is 3.43. The normalized spacial score (nSPS) is 25.8. The van der Waals surface area contributed by atoms with Gasteiger partial charge in [-0.3, -0.25) is 4.79 Å². The summed E-state index contributed by atoms with van der Waals surface area (Å²) < 4.78 is 13.7. The summed E-state index contributed by atoms with van der Waals surface area (Å²) in [4.78, 5) is 13.2. The average Bonchev–Trinajstić information content (AvgIpc) is 2.30. The van der Waals surface area contributed by atoms with Crippen LogP contribution in [0.5, 0.6) is 0 Å². The standard InChI is InChI=1S/C13H16FNO2/c1-15-7-6-9(11(8-15)13(16)17)10-4-2-3-5-12(10)14/h2-5,9,11H,6-8H2,1H3,(H,16,17). The van der Waals surface area contributed by atoms with Gasteiger partial charge < -0.3 is 10.0 Å². The van der Waals surface area contributed by atoms with Gasteiger partial charge in [0.05, 0.1) is 5.92 Å². The van der Waals surface area contributed by atoms with Gasteiger partial charge in [-0.25, -0.2) is 4.39 Å². The Morgan fingerprint density at radius 3 is 2.82 bits per heavy atom. The summed E-state index contributed by atoms with van der Waals surface area (Å²) in [6, 6.07) is 6.48. The van der Waals surface area contributed by atoms with E-state index in [9.17, 15) is 14.3 Å². The van der Waals surface area contributed by atoms with Crippen molar-refractivity contribution in [3.8, 4) is 0 Å². The Bertz CT molecular complexity index is 422. The fourth-order valence-corrected chi connectivity index (χ4v) is 2.51. The summed E-state index contributed by atoms with van der Waals surface area (Å²) in [5.41, 5.74) is 0.535. The molecule has 92 valence electrons. The molecule has 1 aliphatic heterocycles. The molecule has 0 spiro atoms. The zero-order valence-electron chi connectivity index (χ0n) is 9.77. The number of piperidine rings is 1. The second-order valence-electron chi connectivity index (χ2n) is 4.62. The van der Waals surface area contributed by atoms with Crippen LogP contribution in [-0.2, 0) is 4.79 Å². The quantitative estimate of drug-likeness (QED) is 0.854. The molecule has 1 aromatic rings. The van der Waals surface area contributed by atoms with Crippen LogP contribution in [0.4, 0.5) is 4.39 Å². The maximum atomic E-state index is 13.7. The lowest BCUT2D eigenvalue weighted by Gasteiger charge is -2.34. The highest BCUT2D eigenvalue weighted by atomic mass is 19.1. The zero-order chi connectivity index (χ0) is 12.4. The van der Waals surface area contributed by atoms with Crippen molar-refractivity contribution in [2.24, 2.45) is 5.92 Å². The molecule has 2 atom stereocenters. The number of halogens is 1. The van der Waals surface area contributed by atoms with E-state index in [1.807, 2.05) is 11.9 Å². The van der Waals surface area contributed by atoms with Gasteiger partial charge in [-0.15, -0.1) is 0 Å². The number of likely N-dealkylation sites (tertiary alicyclic amines) is 1. The molecule has 0 aromatic heterocycles. The third-order valence-corrected chi connectivity index (χ3v) is 3.44. The number of rotatable bonds is 2. The van der Waals surface area contributed by atoms with Crippen molar-refractivity contribution in [3.63, 3.8) is 0 Å². The molecule has 1 N–H and O–H groups in total. The van der Waals surface area contributed by atoms with E-state index in [-0.39, 0.29) is 11.7 Å². The third-order valence-electron chi connectivity index (χ3n) is 3.44. The van der Waals surface area contributed by atoms with Crippen LogP contribution in [0.25, 0.3) is 0 Å². The van der Waals surface area contributed by atoms with Gasteiger partial charge in [-0.1, -0.05) is 18.2 Å². The molecule has 2 unspecified atom stereocenters. The number of hydrogen-bond acceptors (Lipinski definition) is 2. The molecule has 0 aliphatic carbocycles. The van der Waals surface area contributed by atoms with Gasteiger partial charge in [-0.2, -0.15) is 0 Å². The predicted octanol–water partition coefficient (Wildman–Crippen LogP) is 1.95. The summed E-state index contributed by atoms with van der Waals surface area (Å²) in [6.07, 6.45) is 0.689. The van der Waals surface area contributed by atoms with Crippen LogP contribution >= 0.6 is 0 Å². The fourth-order valence-electron chi connectivity index (χ4n) is 2.51. The minimum atomic E-state index is -0.843. The van der Waals surface area contributed by atoms with Crippen molar-refractivity contribution in [1.82, 2.24) is 4.90 Å². The molecule has 2 rings (SSSR count). The van der Waals surface area contributed by atoms with Crippen LogP contribution in [0.15, 0.2) is 24.3 Å². The lowest BCUT2D eigenvalue weighted by molar-refractivity contribution is -0.144. The molecule has 0 amide bonds. The first-order chi connectivity index (χ1) is 8.09. The summed E-state index contributed by atoms with van der Waals surface area (Å²) in [7, 11) is 1.90. The Labute approximate surface area is 99.9 Å². The van der Waals surface area contributed by atoms with Crippen molar-refractivity contribution < 1.29 is 14.3 Å². The lowest BCUT2D eigenvalue weighted by atomic mass is 9.80. The molecule has 1 heterocycles. The number of nitrogens with zero attached hydrogens (tertiary/aromatic N) is 1. The minimum absolute atomic E-state index is 0.218. The smallest absolute Gasteiger partial charge is 0.308 e. The number of carboxylic acids is 1. The van der Waals surface area contributed by atoms with Gasteiger partial charge in [0.2, 0.25) is 0 Å². The lowest BCUT2D eigenvalue weighted by Crippen LogP contribution is -2.41. The van der Waals surface area contributed by atoms with E-state index in [0.29, 0.717) is 18.5 Å². The first-order valence-corrected chi connectivity index (χ1v) is 5.75. The maximum Gasteiger partial charge on any atom is 0.308 e. The molecule has 1 aromatic carbocycles. The summed E-state index contributed by atoms with van der Waals surface area (Å²) >= 11 is 0. The molecule has 3 nitrogen and oxygen atoms in total. The highest BCUT2D eigenvalue weighted by Gasteiger charge is 2.35. The van der Waals surface area contributed by atoms with Gasteiger partial charge in [0.25, 0.3) is 0 Å². The van der Waals surface area contributed by atoms with Gasteiger partial charge >= 0.3 is 5.97 Å². The first-order valence-electron chi connectivity index (χ1n) is 5.75. The Morgan fingerprint density at radius 2 is 2.18 bits per heavy atom. The second kappa shape index (κ2) is 4.84. The van der Waals surface area contributed by atoms with Gasteiger partial charge in [-0.05, 0) is 31.6 Å². The van der Waals surface area contributed by atoms with Crippen molar-refractivity contribution in [2.45, 2.75) is 12.3 Å². The van der Waals surface area contributed by atoms with Gasteiger partial charge in [0.15, 0.2) is 0 Å². The van der Waals surface area contributed by atoms with E-state index in [1.165, 1.54) is 6.07 Å². The minimum Gasteiger partial charge on any atom is -0.481 e. The van der Waals surface area contributed by atoms with E-state index in [4.69, 9.17) is 0 Å². The zero-order valence-corrected chi connectivity index (χ0v) is 9.77. The number of hydrogen-bond donors (Lipinski definition) is 1. The van der Waals surface area contributed by atoms with Crippen LogP contribution in [0.1, 0.15) is 17.9 Å². The SMILES string of the molecule is CN1CCC(c2ccccc2F)C(C(=O)O)C1. The Hall–Kier alpha value is -1.42. The van der Waals surface area contributed by atoms with Crippen molar-refractivity contribution in [3.05, 3.63) is 35.6 Å². The fraction of sp³-hybridized carbons (Fsp3) is 0.462. The molecule has 17 heavy (non-hydrogen) atoms. The summed E-state index contributed by atoms with van der Waals surface area (Å²) in [6.45, 7) is 1.29. The summed E-state index contributed by atoms with van der Waals surface area (Å²) in [5.74, 6) is -1.88. The topological polar surface area (TPSA) is 40.5 Å². The van der Waals surface area contributed by atoms with Crippen LogP contribution < -0.4 is 0 Å². The van der Waals surface area contributed by atoms with Gasteiger partial charge in [0.1, 0.15) is 5.82 Å². The molecule has 4 heteroatoms. The number of benzene rings is 1. The Morgan fingerprint density at radius 1 is 1.47 bits per heavy atom. The van der Waals surface area contributed by atoms with Crippen LogP contribution in [0.3, 0.4) is 0 Å². The van der Waals surface area contributed by atoms with E-state index >= 15 is 0 Å². The molecule has 0 radical (unpaired) electrons. The number of carboxylic acid groups (broad SMARTS) is 1. The van der Waals surface area contributed by atoms with Crippen molar-refractivity contribution >= 4 is 5.97 Å². The molecule has 0 saturated carbocycles. The molecular weight excluding hydrogens is 221 g/mol. The molecule has 1 aliphatic rings. The maximum absolute atomic E-state index is 13.7. The van der Waals surface area contributed by atoms with E-state index in [0.717, 1.165) is 6.54 Å². The van der Waals surface area contributed by atoms with Crippen molar-refractivity contribution in [2.75, 3.05) is 20.1 Å². The van der Waals surface area contributed by atoms with Crippen molar-refractivity contribution in [1.29, 1.82) is 0 Å².